The molecule has 0 aliphatic heterocycles. The molecule has 0 saturated heterocycles. The van der Waals surface area contributed by atoms with E-state index in [2.05, 4.69) is 13.8 Å². The van der Waals surface area contributed by atoms with Crippen LogP contribution in [-0.2, 0) is 16.8 Å². The van der Waals surface area contributed by atoms with Crippen molar-refractivity contribution in [2.75, 3.05) is 20.3 Å². The molecule has 1 aliphatic carbocycles. The molecule has 1 saturated carbocycles. The topological polar surface area (TPSA) is 62.9 Å². The van der Waals surface area contributed by atoms with E-state index in [1.54, 1.807) is 24.3 Å². The molecular weight excluding hydrogens is 318 g/mol. The van der Waals surface area contributed by atoms with Gasteiger partial charge in [0, 0.05) is 6.54 Å². The minimum Gasteiger partial charge on any atom is -0.497 e. The molecular formula is C20H25NO4. The van der Waals surface area contributed by atoms with Crippen LogP contribution in [0.25, 0.3) is 0 Å². The van der Waals surface area contributed by atoms with Gasteiger partial charge in [-0.25, -0.2) is 0 Å². The van der Waals surface area contributed by atoms with E-state index >= 15 is 0 Å². The normalized spacial score (nSPS) is 21.0. The zero-order valence-electron chi connectivity index (χ0n) is 15.0. The lowest BCUT2D eigenvalue weighted by atomic mass is 9.86. The second-order valence-corrected chi connectivity index (χ2v) is 7.22. The first kappa shape index (κ1) is 17.5. The molecule has 1 N–H and O–H groups in total. The summed E-state index contributed by atoms with van der Waals surface area (Å²) in [5, 5.41) is 9.43. The predicted octanol–water partition coefficient (Wildman–Crippen LogP) is 2.98. The van der Waals surface area contributed by atoms with E-state index in [4.69, 9.17) is 9.15 Å². The molecule has 3 rings (SSSR count). The van der Waals surface area contributed by atoms with E-state index in [1.807, 2.05) is 30.3 Å². The van der Waals surface area contributed by atoms with Crippen molar-refractivity contribution in [3.05, 3.63) is 54.0 Å². The minimum absolute atomic E-state index is 0.0353. The van der Waals surface area contributed by atoms with Gasteiger partial charge in [-0.05, 0) is 41.7 Å². The number of furan rings is 1. The van der Waals surface area contributed by atoms with Crippen molar-refractivity contribution in [3.63, 3.8) is 0 Å². The van der Waals surface area contributed by atoms with Crippen LogP contribution < -0.4 is 4.74 Å². The highest BCUT2D eigenvalue weighted by molar-refractivity contribution is 5.93. The number of benzene rings is 1. The highest BCUT2D eigenvalue weighted by Gasteiger charge is 2.67. The Balaban J connectivity index is 1.91. The molecule has 5 nitrogen and oxygen atoms in total. The Hall–Kier alpha value is -2.27. The lowest BCUT2D eigenvalue weighted by Gasteiger charge is -2.29. The van der Waals surface area contributed by atoms with Crippen molar-refractivity contribution in [1.29, 1.82) is 0 Å². The lowest BCUT2D eigenvalue weighted by molar-refractivity contribution is -0.136. The molecule has 1 aliphatic rings. The first-order valence-corrected chi connectivity index (χ1v) is 8.52. The first-order chi connectivity index (χ1) is 11.9. The van der Waals surface area contributed by atoms with Gasteiger partial charge in [0.1, 0.15) is 11.5 Å². The maximum atomic E-state index is 13.5. The minimum atomic E-state index is -0.568. The van der Waals surface area contributed by atoms with E-state index in [0.717, 1.165) is 17.7 Å². The van der Waals surface area contributed by atoms with Crippen LogP contribution in [0.5, 0.6) is 5.75 Å². The molecule has 25 heavy (non-hydrogen) atoms. The van der Waals surface area contributed by atoms with E-state index in [1.165, 1.54) is 0 Å². The summed E-state index contributed by atoms with van der Waals surface area (Å²) in [7, 11) is 1.63. The number of hydrogen-bond donors (Lipinski definition) is 1. The number of carbonyl (C=O) groups excluding carboxylic acids is 1. The third-order valence-electron chi connectivity index (χ3n) is 5.27. The Morgan fingerprint density at radius 2 is 1.96 bits per heavy atom. The largest absolute Gasteiger partial charge is 0.497 e. The summed E-state index contributed by atoms with van der Waals surface area (Å²) < 4.78 is 10.6. The molecule has 1 atom stereocenters. The Morgan fingerprint density at radius 1 is 1.28 bits per heavy atom. The van der Waals surface area contributed by atoms with Crippen LogP contribution in [-0.4, -0.2) is 36.2 Å². The summed E-state index contributed by atoms with van der Waals surface area (Å²) in [5.41, 5.74) is 0.294. The molecule has 1 fully saturated rings. The van der Waals surface area contributed by atoms with Crippen LogP contribution in [0, 0.1) is 5.41 Å². The average Bonchev–Trinajstić information content (AvgIpc) is 2.95. The Morgan fingerprint density at radius 3 is 2.44 bits per heavy atom. The van der Waals surface area contributed by atoms with Gasteiger partial charge in [-0.2, -0.15) is 0 Å². The fraction of sp³-hybridized carbons (Fsp3) is 0.450. The van der Waals surface area contributed by atoms with Crippen molar-refractivity contribution in [2.45, 2.75) is 32.2 Å². The summed E-state index contributed by atoms with van der Waals surface area (Å²) >= 11 is 0. The van der Waals surface area contributed by atoms with Gasteiger partial charge in [-0.15, -0.1) is 0 Å². The van der Waals surface area contributed by atoms with Crippen molar-refractivity contribution in [1.82, 2.24) is 4.90 Å². The third-order valence-corrected chi connectivity index (χ3v) is 5.27. The van der Waals surface area contributed by atoms with Crippen LogP contribution in [0.3, 0.4) is 0 Å². The smallest absolute Gasteiger partial charge is 0.234 e. The lowest BCUT2D eigenvalue weighted by Crippen LogP contribution is -2.42. The van der Waals surface area contributed by atoms with Crippen LogP contribution in [0.15, 0.2) is 47.1 Å². The Labute approximate surface area is 148 Å². The van der Waals surface area contributed by atoms with Crippen LogP contribution in [0.2, 0.25) is 0 Å². The van der Waals surface area contributed by atoms with Crippen molar-refractivity contribution in [2.24, 2.45) is 5.41 Å². The summed E-state index contributed by atoms with van der Waals surface area (Å²) in [6, 6.07) is 11.4. The summed E-state index contributed by atoms with van der Waals surface area (Å²) in [6.07, 6.45) is 2.38. The Kier molecular flexibility index (Phi) is 4.60. The maximum Gasteiger partial charge on any atom is 0.234 e. The van der Waals surface area contributed by atoms with Gasteiger partial charge in [0.15, 0.2) is 0 Å². The Bertz CT molecular complexity index is 721. The van der Waals surface area contributed by atoms with Gasteiger partial charge in [0.25, 0.3) is 0 Å². The zero-order valence-corrected chi connectivity index (χ0v) is 15.0. The van der Waals surface area contributed by atoms with Gasteiger partial charge < -0.3 is 19.2 Å². The molecule has 1 heterocycles. The number of methoxy groups -OCH3 is 1. The first-order valence-electron chi connectivity index (χ1n) is 8.52. The van der Waals surface area contributed by atoms with E-state index in [-0.39, 0.29) is 24.5 Å². The predicted molar refractivity (Wildman–Crippen MR) is 94.3 cm³/mol. The van der Waals surface area contributed by atoms with Gasteiger partial charge in [-0.3, -0.25) is 4.79 Å². The highest BCUT2D eigenvalue weighted by Crippen LogP contribution is 2.65. The molecule has 134 valence electrons. The number of aliphatic hydroxyl groups is 1. The number of aliphatic hydroxyl groups excluding tert-OH is 1. The standard InChI is InChI=1S/C20H25NO4/c1-19(2)14-20(19,15-6-8-16(24-3)9-7-15)18(23)21(10-11-22)13-17-5-4-12-25-17/h4-9,12,22H,10-11,13-14H2,1-3H3. The molecule has 1 amide bonds. The second-order valence-electron chi connectivity index (χ2n) is 7.22. The van der Waals surface area contributed by atoms with E-state index in [9.17, 15) is 9.90 Å². The molecule has 5 heteroatoms. The fourth-order valence-electron chi connectivity index (χ4n) is 3.71. The molecule has 0 radical (unpaired) electrons. The molecule has 0 spiro atoms. The van der Waals surface area contributed by atoms with Crippen molar-refractivity contribution < 1.29 is 19.1 Å². The number of amides is 1. The van der Waals surface area contributed by atoms with Crippen molar-refractivity contribution >= 4 is 5.91 Å². The van der Waals surface area contributed by atoms with E-state index < -0.39 is 5.41 Å². The third kappa shape index (κ3) is 3.04. The highest BCUT2D eigenvalue weighted by atomic mass is 16.5. The molecule has 1 unspecified atom stereocenters. The summed E-state index contributed by atoms with van der Waals surface area (Å²) in [6.45, 7) is 4.79. The van der Waals surface area contributed by atoms with Crippen LogP contribution in [0.4, 0.5) is 0 Å². The van der Waals surface area contributed by atoms with Gasteiger partial charge >= 0.3 is 0 Å². The fourth-order valence-corrected chi connectivity index (χ4v) is 3.71. The number of carbonyl (C=O) groups is 1. The van der Waals surface area contributed by atoms with Gasteiger partial charge in [0.2, 0.25) is 5.91 Å². The maximum absolute atomic E-state index is 13.5. The van der Waals surface area contributed by atoms with Crippen molar-refractivity contribution in [3.8, 4) is 5.75 Å². The summed E-state index contributed by atoms with van der Waals surface area (Å²) in [4.78, 5) is 15.1. The monoisotopic (exact) mass is 343 g/mol. The summed E-state index contributed by atoms with van der Waals surface area (Å²) in [5.74, 6) is 1.52. The quantitative estimate of drug-likeness (QED) is 0.839. The van der Waals surface area contributed by atoms with Crippen LogP contribution in [0.1, 0.15) is 31.6 Å². The number of ether oxygens (including phenoxy) is 1. The molecule has 1 aromatic carbocycles. The van der Waals surface area contributed by atoms with Crippen LogP contribution >= 0.6 is 0 Å². The van der Waals surface area contributed by atoms with Gasteiger partial charge in [0.05, 0.1) is 31.9 Å². The number of rotatable bonds is 7. The second kappa shape index (κ2) is 6.56. The SMILES string of the molecule is COc1ccc(C2(C(=O)N(CCO)Cc3ccco3)CC2(C)C)cc1. The average molecular weight is 343 g/mol. The number of hydrogen-bond acceptors (Lipinski definition) is 4. The zero-order chi connectivity index (χ0) is 18.1. The van der Waals surface area contributed by atoms with Gasteiger partial charge in [-0.1, -0.05) is 26.0 Å². The molecule has 2 aromatic rings. The van der Waals surface area contributed by atoms with E-state index in [0.29, 0.717) is 12.3 Å². The number of nitrogens with zero attached hydrogens (tertiary/aromatic N) is 1. The molecule has 1 aromatic heterocycles. The molecule has 0 bridgehead atoms.